The number of benzene rings is 1. The van der Waals surface area contributed by atoms with Crippen LogP contribution in [0.2, 0.25) is 0 Å². The Kier molecular flexibility index (Phi) is 3.51. The summed E-state index contributed by atoms with van der Waals surface area (Å²) in [5, 5.41) is 2.62. The van der Waals surface area contributed by atoms with Crippen LogP contribution in [0.25, 0.3) is 0 Å². The fraction of sp³-hybridized carbons (Fsp3) is 0.467. The fourth-order valence-corrected chi connectivity index (χ4v) is 2.32. The first-order chi connectivity index (χ1) is 9.57. The summed E-state index contributed by atoms with van der Waals surface area (Å²) in [7, 11) is 0. The monoisotopic (exact) mass is 296 g/mol. The maximum absolute atomic E-state index is 13.8. The molecule has 0 saturated carbocycles. The van der Waals surface area contributed by atoms with E-state index in [0.717, 1.165) is 12.1 Å². The molecule has 0 spiro atoms. The second-order valence-corrected chi connectivity index (χ2v) is 6.23. The number of amides is 2. The lowest BCUT2D eigenvalue weighted by atomic mass is 9.89. The van der Waals surface area contributed by atoms with Crippen molar-refractivity contribution in [3.63, 3.8) is 0 Å². The van der Waals surface area contributed by atoms with E-state index in [1.807, 2.05) is 0 Å². The summed E-state index contributed by atoms with van der Waals surface area (Å²) in [5.41, 5.74) is -2.50. The van der Waals surface area contributed by atoms with E-state index >= 15 is 0 Å². The van der Waals surface area contributed by atoms with Gasteiger partial charge in [0, 0.05) is 5.56 Å². The van der Waals surface area contributed by atoms with Crippen molar-refractivity contribution in [2.24, 2.45) is 0 Å². The summed E-state index contributed by atoms with van der Waals surface area (Å²) in [5.74, 6) is -2.21. The Hall–Kier alpha value is -1.98. The molecule has 1 aromatic rings. The number of carbonyl (C=O) groups excluding carboxylic acids is 2. The molecule has 0 atom stereocenters. The maximum Gasteiger partial charge on any atom is 0.248 e. The molecule has 114 valence electrons. The molecule has 0 bridgehead atoms. The zero-order valence-corrected chi connectivity index (χ0v) is 12.5. The summed E-state index contributed by atoms with van der Waals surface area (Å²) < 4.78 is 27.6. The third-order valence-corrected chi connectivity index (χ3v) is 3.81. The minimum atomic E-state index is -1.18. The smallest absolute Gasteiger partial charge is 0.248 e. The van der Waals surface area contributed by atoms with Crippen molar-refractivity contribution in [1.82, 2.24) is 10.2 Å². The molecule has 1 aliphatic heterocycles. The van der Waals surface area contributed by atoms with Gasteiger partial charge in [0.1, 0.15) is 22.7 Å². The molecule has 1 aliphatic rings. The molecule has 1 N–H and O–H groups in total. The Balaban J connectivity index is 2.44. The van der Waals surface area contributed by atoms with E-state index in [1.165, 1.54) is 11.0 Å². The number of hydrogen-bond acceptors (Lipinski definition) is 2. The normalized spacial score (nSPS) is 20.4. The Morgan fingerprint density at radius 3 is 2.14 bits per heavy atom. The highest BCUT2D eigenvalue weighted by atomic mass is 19.1. The molecule has 0 aliphatic carbocycles. The summed E-state index contributed by atoms with van der Waals surface area (Å²) in [6.45, 7) is 5.93. The van der Waals surface area contributed by atoms with E-state index in [9.17, 15) is 18.4 Å². The summed E-state index contributed by atoms with van der Waals surface area (Å²) >= 11 is 0. The van der Waals surface area contributed by atoms with Gasteiger partial charge < -0.3 is 10.2 Å². The first-order valence-electron chi connectivity index (χ1n) is 6.65. The number of piperazine rings is 1. The number of carbonyl (C=O) groups is 2. The number of halogens is 2. The lowest BCUT2D eigenvalue weighted by Crippen LogP contribution is -2.71. The lowest BCUT2D eigenvalue weighted by Gasteiger charge is -2.47. The van der Waals surface area contributed by atoms with E-state index in [1.54, 1.807) is 27.7 Å². The van der Waals surface area contributed by atoms with Crippen LogP contribution in [0.4, 0.5) is 8.78 Å². The number of nitrogens with one attached hydrogen (secondary N) is 1. The first kappa shape index (κ1) is 15.4. The largest absolute Gasteiger partial charge is 0.340 e. The van der Waals surface area contributed by atoms with E-state index in [2.05, 4.69) is 5.32 Å². The van der Waals surface area contributed by atoms with Crippen molar-refractivity contribution in [3.05, 3.63) is 35.4 Å². The Labute approximate surface area is 122 Å². The lowest BCUT2D eigenvalue weighted by molar-refractivity contribution is -0.160. The average Bonchev–Trinajstić information content (AvgIpc) is 2.35. The van der Waals surface area contributed by atoms with Gasteiger partial charge in [-0.2, -0.15) is 0 Å². The van der Waals surface area contributed by atoms with Gasteiger partial charge in [0.2, 0.25) is 11.8 Å². The van der Waals surface area contributed by atoms with E-state index < -0.39 is 22.7 Å². The van der Waals surface area contributed by atoms with E-state index in [0.29, 0.717) is 0 Å². The highest BCUT2D eigenvalue weighted by Gasteiger charge is 2.50. The van der Waals surface area contributed by atoms with Gasteiger partial charge in [0.05, 0.1) is 6.54 Å². The van der Waals surface area contributed by atoms with Gasteiger partial charge in [-0.25, -0.2) is 8.78 Å². The second-order valence-electron chi connectivity index (χ2n) is 6.23. The van der Waals surface area contributed by atoms with Crippen molar-refractivity contribution in [2.45, 2.75) is 45.3 Å². The molecule has 0 radical (unpaired) electrons. The zero-order valence-electron chi connectivity index (χ0n) is 12.5. The molecule has 1 fully saturated rings. The summed E-state index contributed by atoms with van der Waals surface area (Å²) in [6, 6.07) is 3.52. The van der Waals surface area contributed by atoms with E-state index in [-0.39, 0.29) is 23.9 Å². The molecular weight excluding hydrogens is 278 g/mol. The van der Waals surface area contributed by atoms with Crippen molar-refractivity contribution in [2.75, 3.05) is 0 Å². The van der Waals surface area contributed by atoms with Gasteiger partial charge >= 0.3 is 0 Å². The van der Waals surface area contributed by atoms with Crippen LogP contribution in [0.3, 0.4) is 0 Å². The highest BCUT2D eigenvalue weighted by molar-refractivity contribution is 6.01. The van der Waals surface area contributed by atoms with Crippen LogP contribution in [-0.2, 0) is 16.1 Å². The molecule has 6 heteroatoms. The van der Waals surface area contributed by atoms with Gasteiger partial charge in [-0.1, -0.05) is 6.07 Å². The average molecular weight is 296 g/mol. The van der Waals surface area contributed by atoms with Crippen molar-refractivity contribution in [1.29, 1.82) is 0 Å². The van der Waals surface area contributed by atoms with Gasteiger partial charge in [-0.05, 0) is 39.8 Å². The van der Waals surface area contributed by atoms with Crippen molar-refractivity contribution < 1.29 is 18.4 Å². The van der Waals surface area contributed by atoms with Crippen LogP contribution in [0.5, 0.6) is 0 Å². The van der Waals surface area contributed by atoms with Crippen LogP contribution in [0, 0.1) is 11.6 Å². The number of rotatable bonds is 2. The minimum absolute atomic E-state index is 0.218. The fourth-order valence-electron chi connectivity index (χ4n) is 2.32. The topological polar surface area (TPSA) is 49.4 Å². The Morgan fingerprint density at radius 2 is 1.62 bits per heavy atom. The third-order valence-electron chi connectivity index (χ3n) is 3.81. The first-order valence-corrected chi connectivity index (χ1v) is 6.65. The summed E-state index contributed by atoms with van der Waals surface area (Å²) in [6.07, 6.45) is 0. The molecule has 0 aromatic heterocycles. The third kappa shape index (κ3) is 2.50. The molecule has 4 nitrogen and oxygen atoms in total. The van der Waals surface area contributed by atoms with Crippen LogP contribution in [-0.4, -0.2) is 27.8 Å². The quantitative estimate of drug-likeness (QED) is 0.907. The van der Waals surface area contributed by atoms with Crippen LogP contribution < -0.4 is 5.32 Å². The molecule has 1 saturated heterocycles. The molecular formula is C15H18F2N2O2. The molecule has 21 heavy (non-hydrogen) atoms. The second kappa shape index (κ2) is 4.79. The highest BCUT2D eigenvalue weighted by Crippen LogP contribution is 2.29. The SMILES string of the molecule is CC1(C)NC(=O)C(C)(C)N(Cc2c(F)cccc2F)C1=O. The van der Waals surface area contributed by atoms with E-state index in [4.69, 9.17) is 0 Å². The van der Waals surface area contributed by atoms with Gasteiger partial charge in [-0.15, -0.1) is 0 Å². The molecule has 1 heterocycles. The minimum Gasteiger partial charge on any atom is -0.340 e. The Bertz CT molecular complexity index is 591. The van der Waals surface area contributed by atoms with Crippen molar-refractivity contribution >= 4 is 11.8 Å². The van der Waals surface area contributed by atoms with Crippen LogP contribution >= 0.6 is 0 Å². The van der Waals surface area contributed by atoms with Crippen molar-refractivity contribution in [3.8, 4) is 0 Å². The van der Waals surface area contributed by atoms with Gasteiger partial charge in [-0.3, -0.25) is 9.59 Å². The zero-order chi connectivity index (χ0) is 16.0. The maximum atomic E-state index is 13.8. The van der Waals surface area contributed by atoms with Gasteiger partial charge in [0.25, 0.3) is 0 Å². The summed E-state index contributed by atoms with van der Waals surface area (Å²) in [4.78, 5) is 25.9. The predicted molar refractivity (Wildman–Crippen MR) is 73.2 cm³/mol. The molecule has 2 amide bonds. The predicted octanol–water partition coefficient (Wildman–Crippen LogP) is 1.98. The van der Waals surface area contributed by atoms with Gasteiger partial charge in [0.15, 0.2) is 0 Å². The molecule has 0 unspecified atom stereocenters. The molecule has 2 rings (SSSR count). The Morgan fingerprint density at radius 1 is 1.10 bits per heavy atom. The standard InChI is InChI=1S/C15H18F2N2O2/c1-14(2)13(21)19(15(3,4)12(20)18-14)8-9-10(16)6-5-7-11(9)17/h5-7H,8H2,1-4H3,(H,18,20). The van der Waals surface area contributed by atoms with Crippen LogP contribution in [0.15, 0.2) is 18.2 Å². The number of nitrogens with zero attached hydrogens (tertiary/aromatic N) is 1. The molecule has 1 aromatic carbocycles. The number of hydrogen-bond donors (Lipinski definition) is 1. The van der Waals surface area contributed by atoms with Crippen LogP contribution in [0.1, 0.15) is 33.3 Å².